The van der Waals surface area contributed by atoms with E-state index in [4.69, 9.17) is 12.2 Å². The molecule has 0 saturated heterocycles. The minimum absolute atomic E-state index is 1.08. The summed E-state index contributed by atoms with van der Waals surface area (Å²) in [6.45, 7) is 5.98. The maximum absolute atomic E-state index is 4.70. The zero-order valence-electron chi connectivity index (χ0n) is 6.02. The fourth-order valence-corrected chi connectivity index (χ4v) is 0.779. The van der Waals surface area contributed by atoms with Gasteiger partial charge < -0.3 is 0 Å². The predicted octanol–water partition coefficient (Wildman–Crippen LogP) is 3.12. The molecule has 0 fully saturated rings. The van der Waals surface area contributed by atoms with Crippen LogP contribution in [0.25, 0.3) is 0 Å². The van der Waals surface area contributed by atoms with E-state index in [0.29, 0.717) is 0 Å². The Kier molecular flexibility index (Phi) is 5.85. The van der Waals surface area contributed by atoms with Gasteiger partial charge in [0.1, 0.15) is 0 Å². The van der Waals surface area contributed by atoms with Crippen molar-refractivity contribution in [2.45, 2.75) is 32.6 Å². The lowest BCUT2D eigenvalue weighted by atomic mass is 10.1. The summed E-state index contributed by atoms with van der Waals surface area (Å²) in [7, 11) is 0. The van der Waals surface area contributed by atoms with Crippen LogP contribution in [-0.2, 0) is 0 Å². The number of hydrogen-bond acceptors (Lipinski definition) is 1. The van der Waals surface area contributed by atoms with Crippen LogP contribution in [0.4, 0.5) is 0 Å². The molecule has 0 bridgehead atoms. The van der Waals surface area contributed by atoms with Gasteiger partial charge in [0.25, 0.3) is 0 Å². The van der Waals surface area contributed by atoms with Gasteiger partial charge in [-0.25, -0.2) is 0 Å². The second kappa shape index (κ2) is 5.96. The van der Waals surface area contributed by atoms with Gasteiger partial charge in [0.2, 0.25) is 0 Å². The lowest BCUT2D eigenvalue weighted by molar-refractivity contribution is 0.724. The van der Waals surface area contributed by atoms with E-state index in [9.17, 15) is 0 Å². The third-order valence-corrected chi connectivity index (χ3v) is 1.60. The van der Waals surface area contributed by atoms with E-state index < -0.39 is 0 Å². The molecule has 52 valence electrons. The normalized spacial score (nSPS) is 9.00. The van der Waals surface area contributed by atoms with E-state index in [0.717, 1.165) is 12.0 Å². The van der Waals surface area contributed by atoms with Crippen LogP contribution >= 0.6 is 12.2 Å². The van der Waals surface area contributed by atoms with Crippen molar-refractivity contribution >= 4 is 17.6 Å². The SMILES string of the molecule is C=C(C=S)CCCCC. The molecule has 0 aromatic carbocycles. The van der Waals surface area contributed by atoms with E-state index in [-0.39, 0.29) is 0 Å². The summed E-state index contributed by atoms with van der Waals surface area (Å²) in [5.41, 5.74) is 1.10. The maximum atomic E-state index is 4.70. The van der Waals surface area contributed by atoms with Gasteiger partial charge in [0, 0.05) is 5.37 Å². The molecule has 0 aromatic heterocycles. The molecular formula is C8H14S. The molecule has 1 heteroatoms. The Morgan fingerprint density at radius 3 is 2.67 bits per heavy atom. The van der Waals surface area contributed by atoms with Crippen molar-refractivity contribution < 1.29 is 0 Å². The number of rotatable bonds is 5. The van der Waals surface area contributed by atoms with Gasteiger partial charge in [-0.3, -0.25) is 0 Å². The zero-order valence-corrected chi connectivity index (χ0v) is 6.84. The highest BCUT2D eigenvalue weighted by Gasteiger charge is 1.87. The van der Waals surface area contributed by atoms with Crippen LogP contribution in [0.1, 0.15) is 32.6 Å². The molecule has 0 aliphatic rings. The van der Waals surface area contributed by atoms with E-state index in [2.05, 4.69) is 13.5 Å². The van der Waals surface area contributed by atoms with Crippen molar-refractivity contribution in [3.8, 4) is 0 Å². The first-order valence-electron chi connectivity index (χ1n) is 3.44. The van der Waals surface area contributed by atoms with Crippen molar-refractivity contribution in [3.63, 3.8) is 0 Å². The highest BCUT2D eigenvalue weighted by molar-refractivity contribution is 7.79. The smallest absolute Gasteiger partial charge is 0.00397 e. The topological polar surface area (TPSA) is 0 Å². The minimum Gasteiger partial charge on any atom is -0.0950 e. The average molecular weight is 142 g/mol. The molecule has 0 aliphatic heterocycles. The van der Waals surface area contributed by atoms with Gasteiger partial charge in [0.05, 0.1) is 0 Å². The van der Waals surface area contributed by atoms with Crippen LogP contribution in [0.2, 0.25) is 0 Å². The van der Waals surface area contributed by atoms with E-state index in [1.54, 1.807) is 5.37 Å². The summed E-state index contributed by atoms with van der Waals surface area (Å²) in [6.07, 6.45) is 4.88. The number of thiocarbonyl (C=S) groups is 1. The molecule has 0 heterocycles. The monoisotopic (exact) mass is 142 g/mol. The Balaban J connectivity index is 3.07. The van der Waals surface area contributed by atoms with Crippen molar-refractivity contribution in [1.82, 2.24) is 0 Å². The third-order valence-electron chi connectivity index (χ3n) is 1.27. The standard InChI is InChI=1S/C8H14S/c1-3-4-5-6-8(2)7-9/h7H,2-6H2,1H3. The van der Waals surface area contributed by atoms with Crippen LogP contribution in [-0.4, -0.2) is 5.37 Å². The van der Waals surface area contributed by atoms with E-state index in [1.165, 1.54) is 19.3 Å². The highest BCUT2D eigenvalue weighted by atomic mass is 32.1. The summed E-state index contributed by atoms with van der Waals surface area (Å²) < 4.78 is 0. The Hall–Kier alpha value is -0.170. The van der Waals surface area contributed by atoms with Crippen LogP contribution in [0, 0.1) is 0 Å². The lowest BCUT2D eigenvalue weighted by Crippen LogP contribution is -1.80. The summed E-state index contributed by atoms with van der Waals surface area (Å²) in [5.74, 6) is 0. The summed E-state index contributed by atoms with van der Waals surface area (Å²) in [4.78, 5) is 0. The molecule has 0 nitrogen and oxygen atoms in total. The van der Waals surface area contributed by atoms with Crippen LogP contribution < -0.4 is 0 Å². The molecule has 0 aromatic rings. The molecule has 0 radical (unpaired) electrons. The Labute approximate surface area is 63.0 Å². The Bertz CT molecular complexity index is 94.7. The average Bonchev–Trinajstić information content (AvgIpc) is 1.89. The summed E-state index contributed by atoms with van der Waals surface area (Å²) in [5, 5.41) is 1.68. The Morgan fingerprint density at radius 2 is 2.22 bits per heavy atom. The first-order valence-corrected chi connectivity index (χ1v) is 3.91. The lowest BCUT2D eigenvalue weighted by Gasteiger charge is -1.95. The first kappa shape index (κ1) is 8.83. The quantitative estimate of drug-likeness (QED) is 0.323. The van der Waals surface area contributed by atoms with Crippen molar-refractivity contribution in [2.24, 2.45) is 0 Å². The predicted molar refractivity (Wildman–Crippen MR) is 46.9 cm³/mol. The fourth-order valence-electron chi connectivity index (χ4n) is 0.661. The first-order chi connectivity index (χ1) is 4.31. The summed E-state index contributed by atoms with van der Waals surface area (Å²) >= 11 is 4.70. The number of hydrogen-bond donors (Lipinski definition) is 0. The third kappa shape index (κ3) is 5.71. The fraction of sp³-hybridized carbons (Fsp3) is 0.625. The van der Waals surface area contributed by atoms with Crippen LogP contribution in [0.15, 0.2) is 12.2 Å². The van der Waals surface area contributed by atoms with Crippen molar-refractivity contribution in [1.29, 1.82) is 0 Å². The molecule has 0 amide bonds. The van der Waals surface area contributed by atoms with Gasteiger partial charge >= 0.3 is 0 Å². The van der Waals surface area contributed by atoms with E-state index in [1.807, 2.05) is 0 Å². The highest BCUT2D eigenvalue weighted by Crippen LogP contribution is 2.04. The molecule has 0 unspecified atom stereocenters. The van der Waals surface area contributed by atoms with Gasteiger partial charge in [-0.15, -0.1) is 0 Å². The summed E-state index contributed by atoms with van der Waals surface area (Å²) in [6, 6.07) is 0. The molecular weight excluding hydrogens is 128 g/mol. The van der Waals surface area contributed by atoms with Gasteiger partial charge in [-0.05, 0) is 18.4 Å². The van der Waals surface area contributed by atoms with Crippen molar-refractivity contribution in [2.75, 3.05) is 0 Å². The number of allylic oxidation sites excluding steroid dienone is 1. The minimum atomic E-state index is 1.08. The molecule has 0 rings (SSSR count). The largest absolute Gasteiger partial charge is 0.0950 e. The number of unbranched alkanes of at least 4 members (excludes halogenated alkanes) is 2. The van der Waals surface area contributed by atoms with Gasteiger partial charge in [0.15, 0.2) is 0 Å². The second-order valence-corrected chi connectivity index (χ2v) is 2.47. The van der Waals surface area contributed by atoms with Crippen LogP contribution in [0.3, 0.4) is 0 Å². The van der Waals surface area contributed by atoms with E-state index >= 15 is 0 Å². The molecule has 0 aliphatic carbocycles. The maximum Gasteiger partial charge on any atom is 0.00397 e. The molecule has 0 atom stereocenters. The molecule has 0 N–H and O–H groups in total. The second-order valence-electron chi connectivity index (χ2n) is 2.23. The van der Waals surface area contributed by atoms with Crippen LogP contribution in [0.5, 0.6) is 0 Å². The van der Waals surface area contributed by atoms with Gasteiger partial charge in [-0.2, -0.15) is 0 Å². The zero-order chi connectivity index (χ0) is 7.11. The molecule has 9 heavy (non-hydrogen) atoms. The molecule has 0 spiro atoms. The Morgan fingerprint density at radius 1 is 1.56 bits per heavy atom. The van der Waals surface area contributed by atoms with Crippen molar-refractivity contribution in [3.05, 3.63) is 12.2 Å². The molecule has 0 saturated carbocycles. The van der Waals surface area contributed by atoms with Gasteiger partial charge in [-0.1, -0.05) is 38.6 Å².